The summed E-state index contributed by atoms with van der Waals surface area (Å²) in [5, 5.41) is 14.8. The van der Waals surface area contributed by atoms with Crippen molar-refractivity contribution >= 4 is 39.8 Å². The average Bonchev–Trinajstić information content (AvgIpc) is 3.22. The normalized spacial score (nSPS) is 10.8. The zero-order valence-corrected chi connectivity index (χ0v) is 15.8. The lowest BCUT2D eigenvalue weighted by Gasteiger charge is -2.20. The molecule has 0 aliphatic carbocycles. The van der Waals surface area contributed by atoms with Crippen molar-refractivity contribution in [1.29, 1.82) is 0 Å². The Morgan fingerprint density at radius 2 is 2.16 bits per heavy atom. The summed E-state index contributed by atoms with van der Waals surface area (Å²) in [5.74, 6) is 0.596. The van der Waals surface area contributed by atoms with E-state index in [-0.39, 0.29) is 5.91 Å². The fourth-order valence-corrected chi connectivity index (χ4v) is 4.11. The fourth-order valence-electron chi connectivity index (χ4n) is 2.38. The summed E-state index contributed by atoms with van der Waals surface area (Å²) < 4.78 is 1.62. The molecule has 25 heavy (non-hydrogen) atoms. The van der Waals surface area contributed by atoms with Crippen molar-refractivity contribution in [2.75, 3.05) is 4.90 Å². The first-order valence-electron chi connectivity index (χ1n) is 7.78. The van der Waals surface area contributed by atoms with Crippen molar-refractivity contribution in [2.45, 2.75) is 31.2 Å². The van der Waals surface area contributed by atoms with E-state index in [1.54, 1.807) is 23.6 Å². The highest BCUT2D eigenvalue weighted by Crippen LogP contribution is 2.32. The Labute approximate surface area is 154 Å². The molecule has 1 amide bonds. The average molecular weight is 374 g/mol. The number of aromatic nitrogens is 5. The van der Waals surface area contributed by atoms with Crippen LogP contribution in [-0.2, 0) is 24.0 Å². The maximum atomic E-state index is 12.3. The van der Waals surface area contributed by atoms with Crippen molar-refractivity contribution in [2.24, 2.45) is 7.05 Å². The van der Waals surface area contributed by atoms with Crippen LogP contribution in [0.3, 0.4) is 0 Å². The standard InChI is InChI=1S/C16H18N6OS2/c1-4-12-7-5-6-8-14(12)22(11(2)23)15-17-13(9-24-15)10-25-16-18-19-20-21(16)3/h5-9H,4,10H2,1-3H3. The second-order valence-electron chi connectivity index (χ2n) is 5.33. The van der Waals surface area contributed by atoms with Crippen molar-refractivity contribution in [3.05, 3.63) is 40.9 Å². The second kappa shape index (κ2) is 7.75. The first-order chi connectivity index (χ1) is 12.1. The molecule has 130 valence electrons. The summed E-state index contributed by atoms with van der Waals surface area (Å²) in [6, 6.07) is 7.92. The van der Waals surface area contributed by atoms with Gasteiger partial charge in [-0.15, -0.1) is 16.4 Å². The van der Waals surface area contributed by atoms with Crippen LogP contribution >= 0.6 is 23.1 Å². The highest BCUT2D eigenvalue weighted by atomic mass is 32.2. The predicted molar refractivity (Wildman–Crippen MR) is 99.1 cm³/mol. The minimum Gasteiger partial charge on any atom is -0.274 e. The van der Waals surface area contributed by atoms with Gasteiger partial charge in [0.1, 0.15) is 0 Å². The molecule has 0 aliphatic rings. The molecule has 3 rings (SSSR count). The number of nitrogens with zero attached hydrogens (tertiary/aromatic N) is 6. The van der Waals surface area contributed by atoms with Gasteiger partial charge in [-0.2, -0.15) is 0 Å². The molecule has 3 aromatic rings. The lowest BCUT2D eigenvalue weighted by atomic mass is 10.1. The van der Waals surface area contributed by atoms with Crippen molar-refractivity contribution in [3.63, 3.8) is 0 Å². The van der Waals surface area contributed by atoms with Crippen LogP contribution in [0.25, 0.3) is 0 Å². The van der Waals surface area contributed by atoms with Crippen LogP contribution in [-0.4, -0.2) is 31.1 Å². The molecule has 0 atom stereocenters. The number of thiazole rings is 1. The summed E-state index contributed by atoms with van der Waals surface area (Å²) in [6.07, 6.45) is 0.854. The van der Waals surface area contributed by atoms with Gasteiger partial charge in [-0.3, -0.25) is 9.69 Å². The zero-order chi connectivity index (χ0) is 17.8. The van der Waals surface area contributed by atoms with E-state index in [9.17, 15) is 4.79 Å². The van der Waals surface area contributed by atoms with Crippen LogP contribution in [0, 0.1) is 0 Å². The monoisotopic (exact) mass is 374 g/mol. The van der Waals surface area contributed by atoms with Crippen molar-refractivity contribution in [3.8, 4) is 0 Å². The minimum absolute atomic E-state index is 0.0491. The Morgan fingerprint density at radius 3 is 2.84 bits per heavy atom. The van der Waals surface area contributed by atoms with Crippen LogP contribution in [0.4, 0.5) is 10.8 Å². The molecule has 1 aromatic carbocycles. The van der Waals surface area contributed by atoms with Gasteiger partial charge in [-0.1, -0.05) is 36.9 Å². The van der Waals surface area contributed by atoms with E-state index in [0.717, 1.165) is 28.5 Å². The molecular weight excluding hydrogens is 356 g/mol. The molecule has 2 aromatic heterocycles. The number of hydrogen-bond donors (Lipinski definition) is 0. The molecule has 0 fully saturated rings. The Kier molecular flexibility index (Phi) is 5.44. The van der Waals surface area contributed by atoms with E-state index < -0.39 is 0 Å². The number of thioether (sulfide) groups is 1. The first kappa shape index (κ1) is 17.6. The third-order valence-corrected chi connectivity index (χ3v) is 5.51. The van der Waals surface area contributed by atoms with Gasteiger partial charge in [0.15, 0.2) is 5.13 Å². The lowest BCUT2D eigenvalue weighted by molar-refractivity contribution is -0.115. The summed E-state index contributed by atoms with van der Waals surface area (Å²) in [7, 11) is 1.80. The number of para-hydroxylation sites is 1. The lowest BCUT2D eigenvalue weighted by Crippen LogP contribution is -2.23. The third-order valence-electron chi connectivity index (χ3n) is 3.59. The van der Waals surface area contributed by atoms with E-state index in [2.05, 4.69) is 27.4 Å². The Bertz CT molecular complexity index is 875. The summed E-state index contributed by atoms with van der Waals surface area (Å²) in [4.78, 5) is 18.6. The molecule has 0 saturated carbocycles. The molecule has 0 aliphatic heterocycles. The molecule has 7 nitrogen and oxygen atoms in total. The number of amides is 1. The van der Waals surface area contributed by atoms with Gasteiger partial charge in [0, 0.05) is 25.1 Å². The summed E-state index contributed by atoms with van der Waals surface area (Å²) in [6.45, 7) is 3.64. The van der Waals surface area contributed by atoms with E-state index in [1.807, 2.05) is 29.6 Å². The van der Waals surface area contributed by atoms with E-state index in [4.69, 9.17) is 0 Å². The van der Waals surface area contributed by atoms with Gasteiger partial charge in [-0.25, -0.2) is 9.67 Å². The Hall–Kier alpha value is -2.26. The highest BCUT2D eigenvalue weighted by molar-refractivity contribution is 7.98. The van der Waals surface area contributed by atoms with Gasteiger partial charge in [0.05, 0.1) is 11.4 Å². The van der Waals surface area contributed by atoms with Gasteiger partial charge in [0.25, 0.3) is 0 Å². The third kappa shape index (κ3) is 3.88. The number of aryl methyl sites for hydroxylation is 2. The molecular formula is C16H18N6OS2. The van der Waals surface area contributed by atoms with Crippen molar-refractivity contribution < 1.29 is 4.79 Å². The van der Waals surface area contributed by atoms with E-state index >= 15 is 0 Å². The molecule has 2 heterocycles. The molecule has 0 radical (unpaired) electrons. The van der Waals surface area contributed by atoms with Crippen LogP contribution in [0.5, 0.6) is 0 Å². The number of rotatable bonds is 6. The number of carbonyl (C=O) groups is 1. The molecule has 0 spiro atoms. The maximum absolute atomic E-state index is 12.3. The zero-order valence-electron chi connectivity index (χ0n) is 14.2. The Morgan fingerprint density at radius 1 is 1.36 bits per heavy atom. The number of hydrogen-bond acceptors (Lipinski definition) is 7. The van der Waals surface area contributed by atoms with Gasteiger partial charge < -0.3 is 0 Å². The number of benzene rings is 1. The first-order valence-corrected chi connectivity index (χ1v) is 9.64. The van der Waals surface area contributed by atoms with Gasteiger partial charge in [-0.05, 0) is 28.5 Å². The largest absolute Gasteiger partial charge is 0.274 e. The number of tetrazole rings is 1. The molecule has 0 saturated heterocycles. The van der Waals surface area contributed by atoms with E-state index in [0.29, 0.717) is 10.9 Å². The smallest absolute Gasteiger partial charge is 0.230 e. The number of anilines is 2. The fraction of sp³-hybridized carbons (Fsp3) is 0.312. The Balaban J connectivity index is 1.83. The SMILES string of the molecule is CCc1ccccc1N(C(C)=O)c1nc(CSc2nnnn2C)cs1. The quantitative estimate of drug-likeness (QED) is 0.617. The highest BCUT2D eigenvalue weighted by Gasteiger charge is 2.20. The predicted octanol–water partition coefficient (Wildman–Crippen LogP) is 3.21. The van der Waals surface area contributed by atoms with Gasteiger partial charge >= 0.3 is 0 Å². The molecule has 0 bridgehead atoms. The molecule has 9 heteroatoms. The van der Waals surface area contributed by atoms with Crippen molar-refractivity contribution in [1.82, 2.24) is 25.2 Å². The van der Waals surface area contributed by atoms with Crippen LogP contribution in [0.2, 0.25) is 0 Å². The van der Waals surface area contributed by atoms with Crippen LogP contribution in [0.15, 0.2) is 34.8 Å². The summed E-state index contributed by atoms with van der Waals surface area (Å²) in [5.41, 5.74) is 2.91. The van der Waals surface area contributed by atoms with E-state index in [1.165, 1.54) is 23.1 Å². The van der Waals surface area contributed by atoms with Crippen LogP contribution < -0.4 is 4.90 Å². The molecule has 0 N–H and O–H groups in total. The van der Waals surface area contributed by atoms with Gasteiger partial charge in [0.2, 0.25) is 11.1 Å². The molecule has 0 unspecified atom stereocenters. The topological polar surface area (TPSA) is 76.8 Å². The summed E-state index contributed by atoms with van der Waals surface area (Å²) >= 11 is 2.97. The maximum Gasteiger partial charge on any atom is 0.230 e. The minimum atomic E-state index is -0.0491. The number of carbonyl (C=O) groups excluding carboxylic acids is 1. The second-order valence-corrected chi connectivity index (χ2v) is 7.11. The van der Waals surface area contributed by atoms with Crippen LogP contribution in [0.1, 0.15) is 25.1 Å².